The van der Waals surface area contributed by atoms with E-state index in [1.165, 1.54) is 12.4 Å². The molecule has 0 aliphatic rings. The number of nitrogens with one attached hydrogen (secondary N) is 1. The first-order chi connectivity index (χ1) is 15.1. The van der Waals surface area contributed by atoms with E-state index in [4.69, 9.17) is 9.47 Å². The van der Waals surface area contributed by atoms with E-state index < -0.39 is 5.82 Å². The Morgan fingerprint density at radius 1 is 1.10 bits per heavy atom. The molecule has 0 fully saturated rings. The Morgan fingerprint density at radius 3 is 2.81 bits per heavy atom. The second-order valence-electron chi connectivity index (χ2n) is 7.27. The van der Waals surface area contributed by atoms with Crippen molar-refractivity contribution in [1.29, 1.82) is 0 Å². The first-order valence-electron chi connectivity index (χ1n) is 10.1. The number of phenols is 1. The van der Waals surface area contributed by atoms with Crippen molar-refractivity contribution < 1.29 is 23.8 Å². The van der Waals surface area contributed by atoms with Crippen molar-refractivity contribution in [3.8, 4) is 23.1 Å². The summed E-state index contributed by atoms with van der Waals surface area (Å²) in [5, 5.41) is 11.2. The fourth-order valence-electron chi connectivity index (χ4n) is 3.41. The summed E-state index contributed by atoms with van der Waals surface area (Å²) in [6.45, 7) is 2.24. The summed E-state index contributed by atoms with van der Waals surface area (Å²) >= 11 is 0. The molecule has 0 saturated heterocycles. The van der Waals surface area contributed by atoms with Crippen molar-refractivity contribution in [3.63, 3.8) is 0 Å². The molecule has 0 unspecified atom stereocenters. The average Bonchev–Trinajstić information content (AvgIpc) is 3.14. The van der Waals surface area contributed by atoms with Crippen molar-refractivity contribution in [3.05, 3.63) is 48.2 Å². The minimum atomic E-state index is -0.487. The molecule has 4 aromatic rings. The van der Waals surface area contributed by atoms with Gasteiger partial charge in [0.15, 0.2) is 23.1 Å². The fourth-order valence-corrected chi connectivity index (χ4v) is 3.41. The number of halogens is 1. The highest BCUT2D eigenvalue weighted by Crippen LogP contribution is 2.37. The van der Waals surface area contributed by atoms with Crippen LogP contribution in [0.2, 0.25) is 0 Å². The number of carbonyl (C=O) groups excluding carboxylic acids is 1. The van der Waals surface area contributed by atoms with E-state index in [1.807, 2.05) is 6.92 Å². The lowest BCUT2D eigenvalue weighted by molar-refractivity contribution is -0.107. The molecule has 2 aromatic carbocycles. The molecule has 0 spiro atoms. The minimum absolute atomic E-state index is 0.0391. The molecule has 2 heterocycles. The molecule has 8 heteroatoms. The topological polar surface area (TPSA) is 97.3 Å². The van der Waals surface area contributed by atoms with Crippen LogP contribution in [0, 0.1) is 12.7 Å². The zero-order valence-electron chi connectivity index (χ0n) is 17.0. The second kappa shape index (κ2) is 8.99. The third kappa shape index (κ3) is 4.42. The normalized spacial score (nSPS) is 11.2. The van der Waals surface area contributed by atoms with Crippen LogP contribution >= 0.6 is 0 Å². The molecule has 0 aliphatic carbocycles. The second-order valence-corrected chi connectivity index (χ2v) is 7.27. The Hall–Kier alpha value is -3.68. The Bertz CT molecular complexity index is 1240. The van der Waals surface area contributed by atoms with Crippen LogP contribution < -0.4 is 9.47 Å². The Kier molecular flexibility index (Phi) is 5.97. The summed E-state index contributed by atoms with van der Waals surface area (Å²) in [5.41, 5.74) is 1.98. The van der Waals surface area contributed by atoms with Crippen LogP contribution in [0.4, 0.5) is 4.39 Å². The van der Waals surface area contributed by atoms with E-state index in [1.54, 1.807) is 24.3 Å². The van der Waals surface area contributed by atoms with Crippen LogP contribution in [-0.2, 0) is 4.79 Å². The van der Waals surface area contributed by atoms with Gasteiger partial charge in [-0.2, -0.15) is 0 Å². The molecule has 7 nitrogen and oxygen atoms in total. The smallest absolute Gasteiger partial charge is 0.230 e. The van der Waals surface area contributed by atoms with Gasteiger partial charge in [-0.1, -0.05) is 0 Å². The number of hydrogen-bond donors (Lipinski definition) is 2. The van der Waals surface area contributed by atoms with E-state index in [-0.39, 0.29) is 23.1 Å². The molecular formula is C23H22FN3O4. The van der Waals surface area contributed by atoms with Crippen molar-refractivity contribution in [2.75, 3.05) is 6.61 Å². The molecule has 0 atom stereocenters. The molecule has 160 valence electrons. The molecule has 0 bridgehead atoms. The van der Waals surface area contributed by atoms with Gasteiger partial charge in [-0.15, -0.1) is 0 Å². The first-order valence-corrected chi connectivity index (χ1v) is 10.1. The number of carbonyl (C=O) groups is 1. The van der Waals surface area contributed by atoms with Gasteiger partial charge < -0.3 is 24.4 Å². The van der Waals surface area contributed by atoms with Gasteiger partial charge in [-0.05, 0) is 50.5 Å². The van der Waals surface area contributed by atoms with Crippen molar-refractivity contribution in [1.82, 2.24) is 15.0 Å². The van der Waals surface area contributed by atoms with Crippen LogP contribution in [0.25, 0.3) is 21.8 Å². The minimum Gasteiger partial charge on any atom is -0.504 e. The molecule has 0 radical (unpaired) electrons. The highest BCUT2D eigenvalue weighted by molar-refractivity contribution is 5.87. The first kappa shape index (κ1) is 20.6. The monoisotopic (exact) mass is 423 g/mol. The number of aromatic nitrogens is 3. The van der Waals surface area contributed by atoms with Crippen molar-refractivity contribution in [2.45, 2.75) is 32.6 Å². The van der Waals surface area contributed by atoms with Gasteiger partial charge in [0.25, 0.3) is 0 Å². The van der Waals surface area contributed by atoms with Gasteiger partial charge in [0, 0.05) is 29.1 Å². The van der Waals surface area contributed by atoms with Crippen LogP contribution in [0.3, 0.4) is 0 Å². The average molecular weight is 423 g/mol. The number of H-pyrrole nitrogens is 1. The number of nitrogens with zero attached hydrogens (tertiary/aromatic N) is 2. The summed E-state index contributed by atoms with van der Waals surface area (Å²) in [5.74, 6) is -0.0806. The quantitative estimate of drug-likeness (QED) is 0.284. The van der Waals surface area contributed by atoms with Crippen LogP contribution in [0.1, 0.15) is 31.4 Å². The van der Waals surface area contributed by atoms with Gasteiger partial charge in [0.05, 0.1) is 17.5 Å². The summed E-state index contributed by atoms with van der Waals surface area (Å²) < 4.78 is 26.4. The number of aryl methyl sites for hydroxylation is 1. The zero-order chi connectivity index (χ0) is 21.8. The maximum Gasteiger partial charge on any atom is 0.230 e. The number of aldehydes is 1. The Morgan fingerprint density at radius 2 is 1.97 bits per heavy atom. The lowest BCUT2D eigenvalue weighted by Crippen LogP contribution is -1.99. The molecule has 2 aromatic heterocycles. The molecular weight excluding hydrogens is 401 g/mol. The van der Waals surface area contributed by atoms with Gasteiger partial charge in [-0.25, -0.2) is 14.4 Å². The third-order valence-electron chi connectivity index (χ3n) is 4.95. The molecule has 0 saturated carbocycles. The van der Waals surface area contributed by atoms with E-state index in [9.17, 15) is 14.3 Å². The number of aromatic amines is 1. The van der Waals surface area contributed by atoms with Crippen molar-refractivity contribution in [2.24, 2.45) is 0 Å². The summed E-state index contributed by atoms with van der Waals surface area (Å²) in [4.78, 5) is 21.8. The van der Waals surface area contributed by atoms with E-state index in [0.717, 1.165) is 31.2 Å². The number of fused-ring (bicyclic) bond motifs is 2. The van der Waals surface area contributed by atoms with Gasteiger partial charge >= 0.3 is 0 Å². The maximum atomic E-state index is 14.9. The number of aromatic hydroxyl groups is 1. The van der Waals surface area contributed by atoms with Gasteiger partial charge in [0.2, 0.25) is 5.88 Å². The molecule has 0 amide bonds. The highest BCUT2D eigenvalue weighted by Gasteiger charge is 2.16. The predicted octanol–water partition coefficient (Wildman–Crippen LogP) is 5.19. The van der Waals surface area contributed by atoms with Crippen LogP contribution in [-0.4, -0.2) is 33.0 Å². The third-order valence-corrected chi connectivity index (χ3v) is 4.95. The van der Waals surface area contributed by atoms with Gasteiger partial charge in [-0.3, -0.25) is 0 Å². The van der Waals surface area contributed by atoms with E-state index >= 15 is 0 Å². The summed E-state index contributed by atoms with van der Waals surface area (Å²) in [6, 6.07) is 8.05. The number of unbranched alkanes of at least 4 members (excludes halogenated alkanes) is 3. The molecule has 31 heavy (non-hydrogen) atoms. The van der Waals surface area contributed by atoms with Gasteiger partial charge in [0.1, 0.15) is 12.6 Å². The fraction of sp³-hybridized carbons (Fsp3) is 0.261. The predicted molar refractivity (Wildman–Crippen MR) is 114 cm³/mol. The highest BCUT2D eigenvalue weighted by atomic mass is 19.1. The molecule has 2 N–H and O–H groups in total. The van der Waals surface area contributed by atoms with E-state index in [0.29, 0.717) is 34.8 Å². The number of rotatable bonds is 9. The SMILES string of the molecule is Cc1cc2c(F)c(Oc3ncnc4cc(O)c(OCCCCCC=O)cc34)ccc2[nH]1. The van der Waals surface area contributed by atoms with Crippen LogP contribution in [0.5, 0.6) is 23.1 Å². The molecule has 0 aliphatic heterocycles. The van der Waals surface area contributed by atoms with Crippen molar-refractivity contribution >= 4 is 28.1 Å². The van der Waals surface area contributed by atoms with E-state index in [2.05, 4.69) is 15.0 Å². The Balaban J connectivity index is 1.59. The zero-order valence-corrected chi connectivity index (χ0v) is 17.0. The summed E-state index contributed by atoms with van der Waals surface area (Å²) in [6.07, 6.45) is 5.13. The lowest BCUT2D eigenvalue weighted by Gasteiger charge is -2.12. The lowest BCUT2D eigenvalue weighted by atomic mass is 10.2. The maximum absolute atomic E-state index is 14.9. The van der Waals surface area contributed by atoms with Crippen LogP contribution in [0.15, 0.2) is 36.7 Å². The number of benzene rings is 2. The largest absolute Gasteiger partial charge is 0.504 e. The Labute approximate surface area is 177 Å². The molecule has 4 rings (SSSR count). The number of hydrogen-bond acceptors (Lipinski definition) is 6. The number of ether oxygens (including phenoxy) is 2. The summed E-state index contributed by atoms with van der Waals surface area (Å²) in [7, 11) is 0. The standard InChI is InChI=1S/C23H22FN3O4/c1-14-10-15-17(27-14)6-7-20(22(15)24)31-23-16-11-21(30-9-5-3-2-4-8-28)19(29)12-18(16)25-13-26-23/h6-8,10-13,27,29H,2-5,9H2,1H3. The number of phenolic OH excluding ortho intramolecular Hbond substituents is 1.